The van der Waals surface area contributed by atoms with Gasteiger partial charge in [-0.25, -0.2) is 0 Å². The van der Waals surface area contributed by atoms with Gasteiger partial charge in [0.05, 0.1) is 5.69 Å². The number of anilines is 1. The minimum Gasteiger partial charge on any atom is -0.395 e. The van der Waals surface area contributed by atoms with Crippen LogP contribution in [0.3, 0.4) is 0 Å². The Morgan fingerprint density at radius 3 is 2.33 bits per heavy atom. The van der Waals surface area contributed by atoms with Crippen molar-refractivity contribution in [3.63, 3.8) is 0 Å². The van der Waals surface area contributed by atoms with E-state index >= 15 is 0 Å². The van der Waals surface area contributed by atoms with Crippen LogP contribution < -0.4 is 16.8 Å². The molecule has 0 aromatic carbocycles. The van der Waals surface area contributed by atoms with Crippen LogP contribution >= 0.6 is 11.5 Å². The number of carbonyl (C=O) groups excluding carboxylic acids is 3. The molecule has 0 spiro atoms. The van der Waals surface area contributed by atoms with Crippen molar-refractivity contribution in [2.75, 3.05) is 5.73 Å². The Hall–Kier alpha value is -2.16. The first kappa shape index (κ1) is 21.1. The number of nitrogens with two attached hydrogens (primary N) is 2. The number of nitrogen functional groups attached to an aromatic ring is 1. The summed E-state index contributed by atoms with van der Waals surface area (Å²) in [5.74, 6) is -1.32. The Bertz CT molecular complexity index is 719. The normalized spacial score (nSPS) is 16.1. The van der Waals surface area contributed by atoms with Crippen LogP contribution in [0.25, 0.3) is 0 Å². The van der Waals surface area contributed by atoms with Gasteiger partial charge in [-0.05, 0) is 51.6 Å². The maximum Gasteiger partial charge on any atom is 0.270 e. The highest BCUT2D eigenvalue weighted by Gasteiger charge is 2.38. The molecule has 1 fully saturated rings. The van der Waals surface area contributed by atoms with Crippen molar-refractivity contribution in [3.05, 3.63) is 10.6 Å². The fourth-order valence-corrected chi connectivity index (χ4v) is 4.20. The van der Waals surface area contributed by atoms with E-state index in [1.807, 2.05) is 27.7 Å². The Morgan fingerprint density at radius 2 is 1.89 bits per heavy atom. The smallest absolute Gasteiger partial charge is 0.270 e. The van der Waals surface area contributed by atoms with E-state index in [4.69, 9.17) is 11.5 Å². The summed E-state index contributed by atoms with van der Waals surface area (Å²) in [5.41, 5.74) is 10.7. The van der Waals surface area contributed by atoms with Crippen LogP contribution in [-0.2, 0) is 4.79 Å². The van der Waals surface area contributed by atoms with Gasteiger partial charge in [0.2, 0.25) is 5.91 Å². The number of hydrogen-bond donors (Lipinski definition) is 3. The largest absolute Gasteiger partial charge is 0.395 e. The summed E-state index contributed by atoms with van der Waals surface area (Å²) < 4.78 is 3.93. The number of aromatic nitrogens is 1. The monoisotopic (exact) mass is 395 g/mol. The highest BCUT2D eigenvalue weighted by atomic mass is 32.1. The van der Waals surface area contributed by atoms with Crippen molar-refractivity contribution >= 4 is 34.9 Å². The predicted molar refractivity (Wildman–Crippen MR) is 105 cm³/mol. The average Bonchev–Trinajstić information content (AvgIpc) is 3.19. The second-order valence-electron chi connectivity index (χ2n) is 7.95. The molecule has 5 N–H and O–H groups in total. The molecule has 3 amide bonds. The summed E-state index contributed by atoms with van der Waals surface area (Å²) in [6.45, 7) is 7.59. The fourth-order valence-electron chi connectivity index (χ4n) is 3.45. The molecule has 8 nitrogen and oxygen atoms in total. The predicted octanol–water partition coefficient (Wildman–Crippen LogP) is 1.90. The lowest BCUT2D eigenvalue weighted by atomic mass is 10.0. The summed E-state index contributed by atoms with van der Waals surface area (Å²) >= 11 is 0.854. The molecule has 1 aliphatic rings. The summed E-state index contributed by atoms with van der Waals surface area (Å²) in [7, 11) is 0. The first-order chi connectivity index (χ1) is 12.6. The zero-order chi connectivity index (χ0) is 20.4. The molecule has 150 valence electrons. The van der Waals surface area contributed by atoms with Crippen molar-refractivity contribution in [1.29, 1.82) is 0 Å². The molecular formula is C18H29N5O3S. The molecule has 2 rings (SSSR count). The van der Waals surface area contributed by atoms with E-state index in [0.717, 1.165) is 37.2 Å². The lowest BCUT2D eigenvalue weighted by Gasteiger charge is -2.36. The molecular weight excluding hydrogens is 366 g/mol. The van der Waals surface area contributed by atoms with Crippen LogP contribution in [0.15, 0.2) is 0 Å². The van der Waals surface area contributed by atoms with Gasteiger partial charge in [0.1, 0.15) is 10.9 Å². The van der Waals surface area contributed by atoms with Gasteiger partial charge in [0, 0.05) is 11.6 Å². The highest BCUT2D eigenvalue weighted by Crippen LogP contribution is 2.31. The number of rotatable bonds is 6. The SMILES string of the molecule is CCC(C(=O)NC(C)(C)C)N(C(=O)c1snc(C(N)=O)c1N)C1CCCC1. The molecule has 1 heterocycles. The third kappa shape index (κ3) is 4.77. The molecule has 0 saturated heterocycles. The molecule has 0 aliphatic heterocycles. The molecule has 0 bridgehead atoms. The number of primary amides is 1. The molecule has 1 aromatic heterocycles. The van der Waals surface area contributed by atoms with Gasteiger partial charge in [0.15, 0.2) is 5.69 Å². The van der Waals surface area contributed by atoms with Crippen LogP contribution in [-0.4, -0.2) is 44.6 Å². The first-order valence-corrected chi connectivity index (χ1v) is 10.0. The third-order valence-electron chi connectivity index (χ3n) is 4.63. The second-order valence-corrected chi connectivity index (χ2v) is 8.73. The van der Waals surface area contributed by atoms with E-state index in [-0.39, 0.29) is 34.1 Å². The third-order valence-corrected chi connectivity index (χ3v) is 5.48. The van der Waals surface area contributed by atoms with Crippen LogP contribution in [0.4, 0.5) is 5.69 Å². The lowest BCUT2D eigenvalue weighted by Crippen LogP contribution is -2.56. The Kier molecular flexibility index (Phi) is 6.46. The van der Waals surface area contributed by atoms with Gasteiger partial charge in [-0.3, -0.25) is 14.4 Å². The molecule has 1 unspecified atom stereocenters. The first-order valence-electron chi connectivity index (χ1n) is 9.26. The van der Waals surface area contributed by atoms with Crippen molar-refractivity contribution in [2.45, 2.75) is 77.4 Å². The van der Waals surface area contributed by atoms with E-state index in [0.29, 0.717) is 6.42 Å². The fraction of sp³-hybridized carbons (Fsp3) is 0.667. The lowest BCUT2D eigenvalue weighted by molar-refractivity contribution is -0.128. The summed E-state index contributed by atoms with van der Waals surface area (Å²) in [6.07, 6.45) is 4.18. The van der Waals surface area contributed by atoms with Crippen molar-refractivity contribution in [3.8, 4) is 0 Å². The Morgan fingerprint density at radius 1 is 1.30 bits per heavy atom. The van der Waals surface area contributed by atoms with Crippen LogP contribution in [0.5, 0.6) is 0 Å². The van der Waals surface area contributed by atoms with Gasteiger partial charge >= 0.3 is 0 Å². The molecule has 0 radical (unpaired) electrons. The molecule has 27 heavy (non-hydrogen) atoms. The zero-order valence-electron chi connectivity index (χ0n) is 16.4. The van der Waals surface area contributed by atoms with E-state index in [1.54, 1.807) is 4.90 Å². The number of nitrogens with one attached hydrogen (secondary N) is 1. The number of hydrogen-bond acceptors (Lipinski definition) is 6. The van der Waals surface area contributed by atoms with Crippen LogP contribution in [0.2, 0.25) is 0 Å². The van der Waals surface area contributed by atoms with Gasteiger partial charge < -0.3 is 21.7 Å². The summed E-state index contributed by atoms with van der Waals surface area (Å²) in [4.78, 5) is 39.5. The molecule has 1 atom stereocenters. The summed E-state index contributed by atoms with van der Waals surface area (Å²) in [5, 5.41) is 2.97. The standard InChI is InChI=1S/C18H29N5O3S/c1-5-11(16(25)21-18(2,3)4)23(10-8-6-7-9-10)17(26)14-12(19)13(15(20)24)22-27-14/h10-11H,5-9,19H2,1-4H3,(H2,20,24)(H,21,25). The minimum atomic E-state index is -0.771. The van der Waals surface area contributed by atoms with Crippen LogP contribution in [0, 0.1) is 0 Å². The van der Waals surface area contributed by atoms with Crippen LogP contribution in [0.1, 0.15) is 80.0 Å². The van der Waals surface area contributed by atoms with Crippen molar-refractivity contribution < 1.29 is 14.4 Å². The van der Waals surface area contributed by atoms with Gasteiger partial charge in [-0.1, -0.05) is 19.8 Å². The number of nitrogens with zero attached hydrogens (tertiary/aromatic N) is 2. The Balaban J connectivity index is 2.40. The maximum absolute atomic E-state index is 13.3. The van der Waals surface area contributed by atoms with Gasteiger partial charge in [0.25, 0.3) is 11.8 Å². The Labute approximate surface area is 163 Å². The molecule has 1 aromatic rings. The maximum atomic E-state index is 13.3. The number of carbonyl (C=O) groups is 3. The minimum absolute atomic E-state index is 0.00780. The molecule has 1 saturated carbocycles. The van der Waals surface area contributed by atoms with Crippen molar-refractivity contribution in [2.24, 2.45) is 5.73 Å². The van der Waals surface area contributed by atoms with Gasteiger partial charge in [-0.2, -0.15) is 4.37 Å². The summed E-state index contributed by atoms with van der Waals surface area (Å²) in [6, 6.07) is -0.648. The topological polar surface area (TPSA) is 131 Å². The highest BCUT2D eigenvalue weighted by molar-refractivity contribution is 7.09. The molecule has 1 aliphatic carbocycles. The second kappa shape index (κ2) is 8.24. The van der Waals surface area contributed by atoms with E-state index in [9.17, 15) is 14.4 Å². The van der Waals surface area contributed by atoms with Crippen molar-refractivity contribution in [1.82, 2.24) is 14.6 Å². The average molecular weight is 396 g/mol. The molecule has 9 heteroatoms. The van der Waals surface area contributed by atoms with E-state index in [1.165, 1.54) is 0 Å². The van der Waals surface area contributed by atoms with Gasteiger partial charge in [-0.15, -0.1) is 0 Å². The number of amides is 3. The zero-order valence-corrected chi connectivity index (χ0v) is 17.2. The quantitative estimate of drug-likeness (QED) is 0.677. The van der Waals surface area contributed by atoms with E-state index < -0.39 is 17.5 Å². The van der Waals surface area contributed by atoms with E-state index in [2.05, 4.69) is 9.69 Å².